The first-order chi connectivity index (χ1) is 29.2. The minimum Gasteiger partial charge on any atom is -0.455 e. The maximum Gasteiger partial charge on any atom is 0.143 e. The second kappa shape index (κ2) is 13.6. The third-order valence-corrected chi connectivity index (χ3v) is 13.0. The van der Waals surface area contributed by atoms with Crippen molar-refractivity contribution in [2.24, 2.45) is 0 Å². The van der Waals surface area contributed by atoms with Gasteiger partial charge in [0.1, 0.15) is 11.2 Å². The van der Waals surface area contributed by atoms with Gasteiger partial charge in [-0.05, 0) is 98.6 Å². The summed E-state index contributed by atoms with van der Waals surface area (Å²) in [6.07, 6.45) is 0. The molecule has 0 saturated carbocycles. The van der Waals surface area contributed by atoms with Gasteiger partial charge in [0.2, 0.25) is 0 Å². The zero-order valence-corrected chi connectivity index (χ0v) is 32.8. The summed E-state index contributed by atoms with van der Waals surface area (Å²) in [5, 5.41) is 9.64. The van der Waals surface area contributed by atoms with Crippen molar-refractivity contribution in [1.29, 1.82) is 0 Å². The van der Waals surface area contributed by atoms with E-state index in [2.05, 4.69) is 217 Å². The van der Waals surface area contributed by atoms with E-state index in [0.717, 1.165) is 55.5 Å². The number of nitrogens with zero attached hydrogens (tertiary/aromatic N) is 1. The number of benzene rings is 10. The molecule has 2 heterocycles. The molecule has 12 aromatic rings. The summed E-state index contributed by atoms with van der Waals surface area (Å²) in [7, 11) is 0. The number of rotatable bonds is 6. The van der Waals surface area contributed by atoms with Crippen molar-refractivity contribution in [3.63, 3.8) is 0 Å². The summed E-state index contributed by atoms with van der Waals surface area (Å²) in [5.74, 6) is 0. The number of thiophene rings is 1. The Morgan fingerprint density at radius 1 is 0.356 bits per heavy atom. The molecule has 0 atom stereocenters. The van der Waals surface area contributed by atoms with Gasteiger partial charge < -0.3 is 9.32 Å². The van der Waals surface area contributed by atoms with Crippen molar-refractivity contribution in [2.45, 2.75) is 0 Å². The number of para-hydroxylation sites is 1. The lowest BCUT2D eigenvalue weighted by atomic mass is 9.95. The third kappa shape index (κ3) is 5.55. The Morgan fingerprint density at radius 2 is 1.00 bits per heavy atom. The normalized spacial score (nSPS) is 11.7. The molecule has 0 fully saturated rings. The van der Waals surface area contributed by atoms with E-state index in [0.29, 0.717) is 0 Å². The fourth-order valence-corrected chi connectivity index (χ4v) is 10.2. The lowest BCUT2D eigenvalue weighted by Gasteiger charge is -2.28. The standard InChI is InChI=1S/C56H35NOS/c1-3-17-43-37(12-1)14-10-21-44(43)40-15-9-16-42(34-40)57(41-30-26-36(27-31-41)39-29-32-48-47-20-6-8-25-53(47)59-54(48)35-39)51-23-7-5-19-46(51)49-22-11-24-52-55(49)50-33-28-38-13-2-4-18-45(38)56(50)58-52/h1-35H. The van der Waals surface area contributed by atoms with E-state index in [-0.39, 0.29) is 0 Å². The number of fused-ring (bicyclic) bond motifs is 9. The molecule has 2 aromatic heterocycles. The number of furan rings is 1. The zero-order chi connectivity index (χ0) is 38.9. The number of anilines is 3. The molecule has 0 spiro atoms. The quantitative estimate of drug-likeness (QED) is 0.167. The molecule has 0 saturated heterocycles. The Balaban J connectivity index is 1.04. The molecule has 0 aliphatic carbocycles. The van der Waals surface area contributed by atoms with Gasteiger partial charge >= 0.3 is 0 Å². The second-order valence-electron chi connectivity index (χ2n) is 15.2. The van der Waals surface area contributed by atoms with Crippen LogP contribution in [0.25, 0.3) is 97.0 Å². The van der Waals surface area contributed by atoms with E-state index < -0.39 is 0 Å². The SMILES string of the molecule is c1cc(-c2cccc3ccccc23)cc(N(c2ccc(-c3ccc4c(c3)sc3ccccc34)cc2)c2ccccc2-c2cccc3oc4c5ccccc5ccc4c23)c1. The smallest absolute Gasteiger partial charge is 0.143 e. The van der Waals surface area contributed by atoms with Crippen molar-refractivity contribution >= 4 is 92.1 Å². The van der Waals surface area contributed by atoms with Crippen molar-refractivity contribution in [1.82, 2.24) is 0 Å². The first-order valence-corrected chi connectivity index (χ1v) is 20.9. The minimum absolute atomic E-state index is 0.883. The summed E-state index contributed by atoms with van der Waals surface area (Å²) in [5.41, 5.74) is 12.1. The first kappa shape index (κ1) is 33.7. The van der Waals surface area contributed by atoms with Gasteiger partial charge in [-0.2, -0.15) is 0 Å². The topological polar surface area (TPSA) is 16.4 Å². The molecular formula is C56H35NOS. The highest BCUT2D eigenvalue weighted by atomic mass is 32.1. The highest BCUT2D eigenvalue weighted by Crippen LogP contribution is 2.47. The summed E-state index contributed by atoms with van der Waals surface area (Å²) in [6, 6.07) is 77.0. The first-order valence-electron chi connectivity index (χ1n) is 20.1. The Labute approximate surface area is 345 Å². The predicted octanol–water partition coefficient (Wildman–Crippen LogP) is 16.7. The lowest BCUT2D eigenvalue weighted by molar-refractivity contribution is 0.673. The molecular weight excluding hydrogens is 735 g/mol. The van der Waals surface area contributed by atoms with Gasteiger partial charge in [-0.25, -0.2) is 0 Å². The molecule has 59 heavy (non-hydrogen) atoms. The van der Waals surface area contributed by atoms with Gasteiger partial charge in [-0.1, -0.05) is 158 Å². The van der Waals surface area contributed by atoms with Crippen LogP contribution in [0.1, 0.15) is 0 Å². The van der Waals surface area contributed by atoms with Crippen LogP contribution in [0.4, 0.5) is 17.1 Å². The van der Waals surface area contributed by atoms with Gasteiger partial charge in [0.15, 0.2) is 0 Å². The van der Waals surface area contributed by atoms with Crippen LogP contribution >= 0.6 is 11.3 Å². The predicted molar refractivity (Wildman–Crippen MR) is 253 cm³/mol. The molecule has 0 aliphatic rings. The van der Waals surface area contributed by atoms with Crippen molar-refractivity contribution in [3.8, 4) is 33.4 Å². The van der Waals surface area contributed by atoms with Crippen LogP contribution in [0.5, 0.6) is 0 Å². The van der Waals surface area contributed by atoms with Crippen LogP contribution in [0.15, 0.2) is 217 Å². The number of hydrogen-bond donors (Lipinski definition) is 0. The molecule has 0 unspecified atom stereocenters. The largest absolute Gasteiger partial charge is 0.455 e. The molecule has 0 radical (unpaired) electrons. The Kier molecular flexibility index (Phi) is 7.75. The highest BCUT2D eigenvalue weighted by molar-refractivity contribution is 7.25. The minimum atomic E-state index is 0.883. The Morgan fingerprint density at radius 3 is 1.90 bits per heavy atom. The molecule has 3 heteroatoms. The fraction of sp³-hybridized carbons (Fsp3) is 0. The van der Waals surface area contributed by atoms with E-state index in [1.54, 1.807) is 0 Å². The van der Waals surface area contributed by atoms with Gasteiger partial charge in [0.25, 0.3) is 0 Å². The van der Waals surface area contributed by atoms with Gasteiger partial charge in [-0.15, -0.1) is 11.3 Å². The average Bonchev–Trinajstić information content (AvgIpc) is 3.88. The number of hydrogen-bond acceptors (Lipinski definition) is 3. The van der Waals surface area contributed by atoms with Crippen LogP contribution in [-0.2, 0) is 0 Å². The van der Waals surface area contributed by atoms with Gasteiger partial charge in [-0.3, -0.25) is 0 Å². The molecule has 276 valence electrons. The molecule has 12 rings (SSSR count). The van der Waals surface area contributed by atoms with Crippen molar-refractivity contribution < 1.29 is 4.42 Å². The van der Waals surface area contributed by atoms with Crippen LogP contribution in [0.3, 0.4) is 0 Å². The maximum absolute atomic E-state index is 6.68. The highest BCUT2D eigenvalue weighted by Gasteiger charge is 2.22. The Bertz CT molecular complexity index is 3570. The van der Waals surface area contributed by atoms with E-state index in [9.17, 15) is 0 Å². The summed E-state index contributed by atoms with van der Waals surface area (Å²) in [6.45, 7) is 0. The van der Waals surface area contributed by atoms with E-state index >= 15 is 0 Å². The van der Waals surface area contributed by atoms with Gasteiger partial charge in [0, 0.05) is 53.3 Å². The van der Waals surface area contributed by atoms with Crippen molar-refractivity contribution in [3.05, 3.63) is 212 Å². The lowest BCUT2D eigenvalue weighted by Crippen LogP contribution is -2.11. The zero-order valence-electron chi connectivity index (χ0n) is 32.0. The molecule has 10 aromatic carbocycles. The average molecular weight is 770 g/mol. The van der Waals surface area contributed by atoms with E-state index in [1.165, 1.54) is 58.6 Å². The summed E-state index contributed by atoms with van der Waals surface area (Å²) >= 11 is 1.86. The Hall–Kier alpha value is -7.46. The molecule has 0 amide bonds. The van der Waals surface area contributed by atoms with Gasteiger partial charge in [0.05, 0.1) is 5.69 Å². The third-order valence-electron chi connectivity index (χ3n) is 11.9. The van der Waals surface area contributed by atoms with Crippen LogP contribution in [0.2, 0.25) is 0 Å². The van der Waals surface area contributed by atoms with Crippen LogP contribution in [0, 0.1) is 0 Å². The monoisotopic (exact) mass is 769 g/mol. The van der Waals surface area contributed by atoms with E-state index in [1.807, 2.05) is 11.3 Å². The van der Waals surface area contributed by atoms with Crippen LogP contribution in [-0.4, -0.2) is 0 Å². The second-order valence-corrected chi connectivity index (χ2v) is 16.3. The van der Waals surface area contributed by atoms with Crippen LogP contribution < -0.4 is 4.90 Å². The fourth-order valence-electron chi connectivity index (χ4n) is 9.10. The molecule has 0 N–H and O–H groups in total. The summed E-state index contributed by atoms with van der Waals surface area (Å²) < 4.78 is 9.31. The van der Waals surface area contributed by atoms with E-state index in [4.69, 9.17) is 4.42 Å². The maximum atomic E-state index is 6.68. The molecule has 0 bridgehead atoms. The summed E-state index contributed by atoms with van der Waals surface area (Å²) in [4.78, 5) is 2.42. The molecule has 2 nitrogen and oxygen atoms in total. The van der Waals surface area contributed by atoms with Crippen molar-refractivity contribution in [2.75, 3.05) is 4.90 Å². The molecule has 0 aliphatic heterocycles.